The summed E-state index contributed by atoms with van der Waals surface area (Å²) in [6, 6.07) is 4.09. The van der Waals surface area contributed by atoms with Gasteiger partial charge < -0.3 is 19.8 Å². The quantitative estimate of drug-likeness (QED) is 0.754. The molecule has 5 nitrogen and oxygen atoms in total. The first-order valence-electron chi connectivity index (χ1n) is 7.16. The molecule has 114 valence electrons. The topological polar surface area (TPSA) is 63.5 Å². The molecule has 1 amide bonds. The lowest BCUT2D eigenvalue weighted by molar-refractivity contribution is 0.0527. The van der Waals surface area contributed by atoms with E-state index in [4.69, 9.17) is 9.15 Å². The molecular formula is C15H26N2O3. The summed E-state index contributed by atoms with van der Waals surface area (Å²) in [6.45, 7) is 9.07. The fourth-order valence-electron chi connectivity index (χ4n) is 1.80. The Morgan fingerprint density at radius 1 is 1.40 bits per heavy atom. The predicted octanol–water partition coefficient (Wildman–Crippen LogP) is 3.24. The van der Waals surface area contributed by atoms with Gasteiger partial charge in [0.1, 0.15) is 11.4 Å². The van der Waals surface area contributed by atoms with Crippen molar-refractivity contribution in [3.05, 3.63) is 24.2 Å². The van der Waals surface area contributed by atoms with Gasteiger partial charge in [-0.1, -0.05) is 6.92 Å². The van der Waals surface area contributed by atoms with Crippen molar-refractivity contribution in [1.82, 2.24) is 10.6 Å². The van der Waals surface area contributed by atoms with Crippen molar-refractivity contribution >= 4 is 6.09 Å². The van der Waals surface area contributed by atoms with Gasteiger partial charge in [0.25, 0.3) is 0 Å². The average Bonchev–Trinajstić information content (AvgIpc) is 2.85. The van der Waals surface area contributed by atoms with E-state index in [0.717, 1.165) is 25.1 Å². The maximum absolute atomic E-state index is 11.4. The van der Waals surface area contributed by atoms with Crippen LogP contribution in [0.2, 0.25) is 0 Å². The van der Waals surface area contributed by atoms with Crippen LogP contribution in [0.25, 0.3) is 0 Å². The van der Waals surface area contributed by atoms with Gasteiger partial charge in [0.05, 0.1) is 12.3 Å². The van der Waals surface area contributed by atoms with Crippen LogP contribution >= 0.6 is 0 Å². The third-order valence-electron chi connectivity index (χ3n) is 2.71. The van der Waals surface area contributed by atoms with Crippen LogP contribution in [0.15, 0.2) is 22.8 Å². The number of nitrogens with one attached hydrogen (secondary N) is 2. The van der Waals surface area contributed by atoms with Gasteiger partial charge in [-0.3, -0.25) is 0 Å². The van der Waals surface area contributed by atoms with Crippen molar-refractivity contribution in [1.29, 1.82) is 0 Å². The van der Waals surface area contributed by atoms with Gasteiger partial charge in [-0.2, -0.15) is 0 Å². The number of carbonyl (C=O) groups is 1. The monoisotopic (exact) mass is 282 g/mol. The minimum atomic E-state index is -0.449. The maximum atomic E-state index is 11.4. The van der Waals surface area contributed by atoms with Crippen molar-refractivity contribution in [2.45, 2.75) is 52.2 Å². The molecule has 1 aromatic heterocycles. The zero-order valence-corrected chi connectivity index (χ0v) is 12.9. The normalized spacial score (nSPS) is 13.0. The van der Waals surface area contributed by atoms with Crippen molar-refractivity contribution in [2.24, 2.45) is 0 Å². The molecule has 20 heavy (non-hydrogen) atoms. The molecule has 1 rings (SSSR count). The summed E-state index contributed by atoms with van der Waals surface area (Å²) >= 11 is 0. The van der Waals surface area contributed by atoms with E-state index in [1.807, 2.05) is 32.9 Å². The minimum absolute atomic E-state index is 0.228. The first-order valence-corrected chi connectivity index (χ1v) is 7.16. The third-order valence-corrected chi connectivity index (χ3v) is 2.71. The Bertz CT molecular complexity index is 382. The second-order valence-electron chi connectivity index (χ2n) is 5.71. The van der Waals surface area contributed by atoms with E-state index < -0.39 is 5.60 Å². The van der Waals surface area contributed by atoms with Crippen LogP contribution < -0.4 is 10.6 Å². The summed E-state index contributed by atoms with van der Waals surface area (Å²) in [5.74, 6) is 0.951. The molecule has 0 aliphatic carbocycles. The summed E-state index contributed by atoms with van der Waals surface area (Å²) in [6.07, 6.45) is 3.13. The zero-order chi connectivity index (χ0) is 15.0. The first-order chi connectivity index (χ1) is 9.42. The number of amides is 1. The van der Waals surface area contributed by atoms with Crippen LogP contribution in [-0.2, 0) is 4.74 Å². The van der Waals surface area contributed by atoms with Gasteiger partial charge in [-0.15, -0.1) is 0 Å². The summed E-state index contributed by atoms with van der Waals surface area (Å²) in [5.41, 5.74) is -0.449. The summed E-state index contributed by atoms with van der Waals surface area (Å²) in [5, 5.41) is 6.15. The number of rotatable bonds is 7. The Morgan fingerprint density at radius 3 is 2.70 bits per heavy atom. The van der Waals surface area contributed by atoms with Crippen molar-refractivity contribution in [2.75, 3.05) is 13.1 Å². The van der Waals surface area contributed by atoms with Gasteiger partial charge >= 0.3 is 6.09 Å². The fourth-order valence-corrected chi connectivity index (χ4v) is 1.80. The van der Waals surface area contributed by atoms with Crippen LogP contribution in [0.4, 0.5) is 4.79 Å². The van der Waals surface area contributed by atoms with Gasteiger partial charge in [0.2, 0.25) is 0 Å². The number of carbonyl (C=O) groups excluding carboxylic acids is 1. The number of hydrogen-bond acceptors (Lipinski definition) is 4. The van der Waals surface area contributed by atoms with Crippen LogP contribution in [0, 0.1) is 0 Å². The molecule has 5 heteroatoms. The Balaban J connectivity index is 2.14. The Labute approximate surface area is 121 Å². The molecule has 0 aromatic carbocycles. The third kappa shape index (κ3) is 6.61. The minimum Gasteiger partial charge on any atom is -0.468 e. The number of furan rings is 1. The molecule has 0 fully saturated rings. The van der Waals surface area contributed by atoms with Gasteiger partial charge in [0, 0.05) is 6.54 Å². The second-order valence-corrected chi connectivity index (χ2v) is 5.71. The number of alkyl carbamates (subject to hydrolysis) is 1. The van der Waals surface area contributed by atoms with Crippen molar-refractivity contribution < 1.29 is 13.9 Å². The summed E-state index contributed by atoms with van der Waals surface area (Å²) in [4.78, 5) is 11.4. The van der Waals surface area contributed by atoms with E-state index >= 15 is 0 Å². The summed E-state index contributed by atoms with van der Waals surface area (Å²) < 4.78 is 10.5. The fraction of sp³-hybridized carbons (Fsp3) is 0.667. The van der Waals surface area contributed by atoms with E-state index in [-0.39, 0.29) is 12.1 Å². The van der Waals surface area contributed by atoms with E-state index in [0.29, 0.717) is 6.54 Å². The highest BCUT2D eigenvalue weighted by Gasteiger charge is 2.15. The molecule has 1 unspecified atom stereocenters. The van der Waals surface area contributed by atoms with E-state index in [2.05, 4.69) is 17.6 Å². The van der Waals surface area contributed by atoms with Gasteiger partial charge in [-0.05, 0) is 52.3 Å². The molecular weight excluding hydrogens is 256 g/mol. The maximum Gasteiger partial charge on any atom is 0.407 e. The Morgan fingerprint density at radius 2 is 2.15 bits per heavy atom. The smallest absolute Gasteiger partial charge is 0.407 e. The lowest BCUT2D eigenvalue weighted by Crippen LogP contribution is -2.34. The van der Waals surface area contributed by atoms with E-state index in [1.165, 1.54) is 0 Å². The van der Waals surface area contributed by atoms with Gasteiger partial charge in [0.15, 0.2) is 0 Å². The highest BCUT2D eigenvalue weighted by molar-refractivity contribution is 5.67. The number of hydrogen-bond donors (Lipinski definition) is 2. The molecule has 0 aliphatic rings. The lowest BCUT2D eigenvalue weighted by Gasteiger charge is -2.20. The van der Waals surface area contributed by atoms with Crippen LogP contribution in [-0.4, -0.2) is 24.8 Å². The molecule has 0 saturated carbocycles. The Hall–Kier alpha value is -1.49. The predicted molar refractivity (Wildman–Crippen MR) is 78.6 cm³/mol. The number of ether oxygens (including phenoxy) is 1. The van der Waals surface area contributed by atoms with Crippen LogP contribution in [0.5, 0.6) is 0 Å². The molecule has 1 atom stereocenters. The molecule has 0 spiro atoms. The highest BCUT2D eigenvalue weighted by atomic mass is 16.6. The first kappa shape index (κ1) is 16.6. The molecule has 0 saturated heterocycles. The second kappa shape index (κ2) is 7.94. The zero-order valence-electron chi connectivity index (χ0n) is 12.9. The van der Waals surface area contributed by atoms with E-state index in [9.17, 15) is 4.79 Å². The molecule has 1 heterocycles. The summed E-state index contributed by atoms with van der Waals surface area (Å²) in [7, 11) is 0. The van der Waals surface area contributed by atoms with Gasteiger partial charge in [-0.25, -0.2) is 4.79 Å². The molecule has 0 radical (unpaired) electrons. The molecule has 1 aromatic rings. The molecule has 2 N–H and O–H groups in total. The van der Waals surface area contributed by atoms with Crippen molar-refractivity contribution in [3.63, 3.8) is 0 Å². The highest BCUT2D eigenvalue weighted by Crippen LogP contribution is 2.16. The van der Waals surface area contributed by atoms with Crippen LogP contribution in [0.3, 0.4) is 0 Å². The Kier molecular flexibility index (Phi) is 6.58. The lowest BCUT2D eigenvalue weighted by atomic mass is 10.1. The largest absolute Gasteiger partial charge is 0.468 e. The van der Waals surface area contributed by atoms with Crippen LogP contribution in [0.1, 0.15) is 52.3 Å². The SMILES string of the molecule is CCC(NCCCNC(=O)OC(C)(C)C)c1ccco1. The van der Waals surface area contributed by atoms with E-state index in [1.54, 1.807) is 6.26 Å². The molecule has 0 bridgehead atoms. The average molecular weight is 282 g/mol. The standard InChI is InChI=1S/C15H26N2O3/c1-5-12(13-8-6-11-19-13)16-9-7-10-17-14(18)20-15(2,3)4/h6,8,11-12,16H,5,7,9-10H2,1-4H3,(H,17,18). The van der Waals surface area contributed by atoms with Crippen molar-refractivity contribution in [3.8, 4) is 0 Å². The molecule has 0 aliphatic heterocycles.